The summed E-state index contributed by atoms with van der Waals surface area (Å²) in [5, 5.41) is 0.690. The molecule has 0 amide bonds. The second-order valence-corrected chi connectivity index (χ2v) is 5.04. The van der Waals surface area contributed by atoms with Gasteiger partial charge in [-0.05, 0) is 13.8 Å². The van der Waals surface area contributed by atoms with Crippen molar-refractivity contribution >= 4 is 33.8 Å². The average molecular weight is 284 g/mol. The van der Waals surface area contributed by atoms with E-state index in [0.717, 1.165) is 0 Å². The van der Waals surface area contributed by atoms with Crippen LogP contribution in [0.25, 0.3) is 0 Å². The zero-order chi connectivity index (χ0) is 14.6. The molecule has 0 aromatic carbocycles. The molecule has 2 N–H and O–H groups in total. The first-order chi connectivity index (χ1) is 8.97. The molecule has 1 aromatic heterocycles. The van der Waals surface area contributed by atoms with Crippen LogP contribution in [0.2, 0.25) is 0 Å². The van der Waals surface area contributed by atoms with Gasteiger partial charge >= 0.3 is 5.97 Å². The number of thiophene rings is 1. The minimum atomic E-state index is -0.471. The second-order valence-electron chi connectivity index (χ2n) is 4.04. The topological polar surface area (TPSA) is 72.6 Å². The van der Waals surface area contributed by atoms with Gasteiger partial charge in [-0.2, -0.15) is 0 Å². The molecule has 5 nitrogen and oxygen atoms in total. The summed E-state index contributed by atoms with van der Waals surface area (Å²) in [7, 11) is 1.86. The predicted octanol–water partition coefficient (Wildman–Crippen LogP) is 2.56. The number of esters is 1. The number of nitrogens with two attached hydrogens (primary N) is 1. The number of carbonyl (C=O) groups is 2. The number of carbonyl (C=O) groups excluding carboxylic acids is 2. The highest BCUT2D eigenvalue weighted by Crippen LogP contribution is 2.38. The molecule has 0 spiro atoms. The summed E-state index contributed by atoms with van der Waals surface area (Å²) in [5.41, 5.74) is 6.52. The fraction of sp³-hybridized carbons (Fsp3) is 0.538. The predicted molar refractivity (Wildman–Crippen MR) is 78.3 cm³/mol. The molecule has 1 rings (SSSR count). The monoisotopic (exact) mass is 284 g/mol. The zero-order valence-corrected chi connectivity index (χ0v) is 12.6. The second kappa shape index (κ2) is 6.56. The Morgan fingerprint density at radius 3 is 2.42 bits per heavy atom. The number of nitrogens with zero attached hydrogens (tertiary/aromatic N) is 1. The molecule has 0 aliphatic carbocycles. The van der Waals surface area contributed by atoms with E-state index in [9.17, 15) is 9.59 Å². The largest absolute Gasteiger partial charge is 0.462 e. The van der Waals surface area contributed by atoms with Crippen molar-refractivity contribution in [1.82, 2.24) is 0 Å². The number of Topliss-reactive ketones (excluding diaryl/α,β-unsaturated/α-hetero) is 1. The number of ketones is 1. The van der Waals surface area contributed by atoms with Crippen LogP contribution in [0.5, 0.6) is 0 Å². The number of rotatable bonds is 6. The first-order valence-corrected chi connectivity index (χ1v) is 7.13. The van der Waals surface area contributed by atoms with Crippen molar-refractivity contribution in [3.05, 3.63) is 10.4 Å². The average Bonchev–Trinajstić information content (AvgIpc) is 2.75. The molecule has 0 aliphatic heterocycles. The third-order valence-electron chi connectivity index (χ3n) is 2.80. The lowest BCUT2D eigenvalue weighted by Gasteiger charge is -2.16. The number of ether oxygens (including phenoxy) is 1. The fourth-order valence-electron chi connectivity index (χ4n) is 1.61. The van der Waals surface area contributed by atoms with Crippen molar-refractivity contribution in [1.29, 1.82) is 0 Å². The molecule has 0 aliphatic rings. The van der Waals surface area contributed by atoms with Gasteiger partial charge in [0.05, 0.1) is 17.2 Å². The van der Waals surface area contributed by atoms with Crippen LogP contribution in [0.4, 0.5) is 10.7 Å². The summed E-state index contributed by atoms with van der Waals surface area (Å²) in [4.78, 5) is 26.2. The van der Waals surface area contributed by atoms with Gasteiger partial charge < -0.3 is 15.4 Å². The van der Waals surface area contributed by atoms with Gasteiger partial charge in [-0.1, -0.05) is 6.92 Å². The molecule has 6 heteroatoms. The van der Waals surface area contributed by atoms with Gasteiger partial charge in [-0.25, -0.2) is 4.79 Å². The lowest BCUT2D eigenvalue weighted by molar-refractivity contribution is 0.0529. The van der Waals surface area contributed by atoms with Crippen molar-refractivity contribution in [2.24, 2.45) is 0 Å². The number of hydrogen-bond acceptors (Lipinski definition) is 6. The molecular weight excluding hydrogens is 264 g/mol. The van der Waals surface area contributed by atoms with Gasteiger partial charge in [0, 0.05) is 20.0 Å². The highest BCUT2D eigenvalue weighted by atomic mass is 32.1. The Balaban J connectivity index is 3.35. The molecule has 0 unspecified atom stereocenters. The van der Waals surface area contributed by atoms with Crippen molar-refractivity contribution < 1.29 is 14.3 Å². The molecule has 19 heavy (non-hydrogen) atoms. The quantitative estimate of drug-likeness (QED) is 0.642. The zero-order valence-electron chi connectivity index (χ0n) is 11.8. The van der Waals surface area contributed by atoms with E-state index < -0.39 is 5.97 Å². The maximum atomic E-state index is 12.0. The van der Waals surface area contributed by atoms with Crippen LogP contribution < -0.4 is 10.6 Å². The van der Waals surface area contributed by atoms with Gasteiger partial charge in [0.1, 0.15) is 10.6 Å². The van der Waals surface area contributed by atoms with Gasteiger partial charge in [-0.3, -0.25) is 4.79 Å². The fourth-order valence-corrected chi connectivity index (χ4v) is 2.86. The molecular formula is C13H20N2O3S. The van der Waals surface area contributed by atoms with E-state index >= 15 is 0 Å². The lowest BCUT2D eigenvalue weighted by atomic mass is 10.1. The van der Waals surface area contributed by atoms with Crippen LogP contribution >= 0.6 is 11.3 Å². The number of nitrogen functional groups attached to an aromatic ring is 1. The number of hydrogen-bond donors (Lipinski definition) is 1. The van der Waals surface area contributed by atoms with E-state index in [1.54, 1.807) is 13.8 Å². The molecule has 106 valence electrons. The summed E-state index contributed by atoms with van der Waals surface area (Å²) in [5.74, 6) is -0.523. The summed E-state index contributed by atoms with van der Waals surface area (Å²) < 4.78 is 5.02. The summed E-state index contributed by atoms with van der Waals surface area (Å²) in [6, 6.07) is 0. The van der Waals surface area contributed by atoms with Crippen molar-refractivity contribution in [3.8, 4) is 0 Å². The summed E-state index contributed by atoms with van der Waals surface area (Å²) in [6.45, 7) is 6.47. The van der Waals surface area contributed by atoms with Crippen LogP contribution in [-0.2, 0) is 4.74 Å². The first-order valence-electron chi connectivity index (χ1n) is 6.31. The Hall–Kier alpha value is -1.56. The van der Waals surface area contributed by atoms with Crippen LogP contribution in [0.3, 0.4) is 0 Å². The van der Waals surface area contributed by atoms with E-state index in [0.29, 0.717) is 28.4 Å². The smallest absolute Gasteiger partial charge is 0.343 e. The molecule has 0 radical (unpaired) electrons. The lowest BCUT2D eigenvalue weighted by Crippen LogP contribution is -2.18. The first kappa shape index (κ1) is 15.5. The molecule has 0 saturated heterocycles. The van der Waals surface area contributed by atoms with E-state index in [1.807, 2.05) is 18.9 Å². The Kier molecular flexibility index (Phi) is 5.35. The molecule has 0 fully saturated rings. The van der Waals surface area contributed by atoms with E-state index in [-0.39, 0.29) is 18.1 Å². The molecule has 1 aromatic rings. The molecule has 1 heterocycles. The summed E-state index contributed by atoms with van der Waals surface area (Å²) in [6.07, 6.45) is 0.363. The molecule has 0 bridgehead atoms. The molecule has 0 atom stereocenters. The third kappa shape index (κ3) is 3.07. The van der Waals surface area contributed by atoms with Gasteiger partial charge in [0.25, 0.3) is 0 Å². The van der Waals surface area contributed by atoms with Gasteiger partial charge in [-0.15, -0.1) is 11.3 Å². The Morgan fingerprint density at radius 1 is 1.32 bits per heavy atom. The van der Waals surface area contributed by atoms with Crippen LogP contribution in [0, 0.1) is 0 Å². The van der Waals surface area contributed by atoms with Gasteiger partial charge in [0.2, 0.25) is 0 Å². The van der Waals surface area contributed by atoms with E-state index in [4.69, 9.17) is 10.5 Å². The number of anilines is 2. The minimum absolute atomic E-state index is 0.0520. The maximum Gasteiger partial charge on any atom is 0.343 e. The van der Waals surface area contributed by atoms with E-state index in [1.165, 1.54) is 11.3 Å². The van der Waals surface area contributed by atoms with Crippen molar-refractivity contribution in [3.63, 3.8) is 0 Å². The van der Waals surface area contributed by atoms with Gasteiger partial charge in [0.15, 0.2) is 5.78 Å². The normalized spacial score (nSPS) is 10.3. The Bertz CT molecular complexity index is 482. The Morgan fingerprint density at radius 2 is 1.95 bits per heavy atom. The maximum absolute atomic E-state index is 12.0. The third-order valence-corrected chi connectivity index (χ3v) is 4.16. The standard InChI is InChI=1S/C13H20N2O3S/c1-5-8(16)11-10(14)9(13(17)18-7-3)12(19-11)15(4)6-2/h5-7,14H2,1-4H3. The van der Waals surface area contributed by atoms with Crippen LogP contribution in [-0.4, -0.2) is 32.0 Å². The molecule has 0 saturated carbocycles. The highest BCUT2D eigenvalue weighted by Gasteiger charge is 2.27. The van der Waals surface area contributed by atoms with E-state index in [2.05, 4.69) is 0 Å². The highest BCUT2D eigenvalue weighted by molar-refractivity contribution is 7.19. The summed E-state index contributed by atoms with van der Waals surface area (Å²) >= 11 is 1.26. The van der Waals surface area contributed by atoms with Crippen molar-refractivity contribution in [2.75, 3.05) is 30.8 Å². The van der Waals surface area contributed by atoms with Crippen LogP contribution in [0.15, 0.2) is 0 Å². The Labute approximate surface area is 117 Å². The SMILES string of the molecule is CCOC(=O)c1c(N(C)CC)sc(C(=O)CC)c1N. The minimum Gasteiger partial charge on any atom is -0.462 e. The van der Waals surface area contributed by atoms with Crippen LogP contribution in [0.1, 0.15) is 47.2 Å². The van der Waals surface area contributed by atoms with Crippen molar-refractivity contribution in [2.45, 2.75) is 27.2 Å².